The standard InChI is InChI=1S/C12H14BrN5O/c1-7-5-11(17-12(15-7)18-14)16-8-3-4-10(19-2)9(13)6-8/h3-6H,14H2,1-2H3,(H2,15,16,17,18). The van der Waals surface area contributed by atoms with E-state index in [1.165, 1.54) is 0 Å². The Balaban J connectivity index is 2.25. The number of halogens is 1. The molecule has 0 saturated carbocycles. The van der Waals surface area contributed by atoms with Gasteiger partial charge >= 0.3 is 0 Å². The number of hydrazine groups is 1. The minimum absolute atomic E-state index is 0.370. The number of rotatable bonds is 4. The van der Waals surface area contributed by atoms with Gasteiger partial charge in [0.25, 0.3) is 0 Å². The van der Waals surface area contributed by atoms with Crippen molar-refractivity contribution in [1.29, 1.82) is 0 Å². The Labute approximate surface area is 119 Å². The quantitative estimate of drug-likeness (QED) is 0.592. The molecule has 0 saturated heterocycles. The van der Waals surface area contributed by atoms with E-state index in [1.54, 1.807) is 7.11 Å². The van der Waals surface area contributed by atoms with Crippen LogP contribution in [0.2, 0.25) is 0 Å². The van der Waals surface area contributed by atoms with Gasteiger partial charge in [0.2, 0.25) is 5.95 Å². The highest BCUT2D eigenvalue weighted by molar-refractivity contribution is 9.10. The summed E-state index contributed by atoms with van der Waals surface area (Å²) in [5.41, 5.74) is 4.13. The SMILES string of the molecule is COc1ccc(Nc2cc(C)nc(NN)n2)cc1Br. The van der Waals surface area contributed by atoms with Crippen LogP contribution in [-0.4, -0.2) is 17.1 Å². The normalized spacial score (nSPS) is 10.1. The molecular weight excluding hydrogens is 310 g/mol. The van der Waals surface area contributed by atoms with Gasteiger partial charge in [-0.1, -0.05) is 0 Å². The number of benzene rings is 1. The zero-order valence-electron chi connectivity index (χ0n) is 10.6. The van der Waals surface area contributed by atoms with Gasteiger partial charge in [-0.05, 0) is 41.1 Å². The van der Waals surface area contributed by atoms with Crippen LogP contribution in [0.3, 0.4) is 0 Å². The van der Waals surface area contributed by atoms with E-state index in [-0.39, 0.29) is 0 Å². The Kier molecular flexibility index (Phi) is 4.18. The Bertz CT molecular complexity index is 590. The second-order valence-corrected chi connectivity index (χ2v) is 4.69. The highest BCUT2D eigenvalue weighted by atomic mass is 79.9. The summed E-state index contributed by atoms with van der Waals surface area (Å²) in [7, 11) is 1.63. The molecule has 0 aliphatic carbocycles. The van der Waals surface area contributed by atoms with Crippen LogP contribution in [0.15, 0.2) is 28.7 Å². The van der Waals surface area contributed by atoms with E-state index in [2.05, 4.69) is 36.6 Å². The topological polar surface area (TPSA) is 85.1 Å². The summed E-state index contributed by atoms with van der Waals surface area (Å²) in [4.78, 5) is 8.34. The van der Waals surface area contributed by atoms with Gasteiger partial charge in [-0.2, -0.15) is 4.98 Å². The van der Waals surface area contributed by atoms with Crippen molar-refractivity contribution in [2.45, 2.75) is 6.92 Å². The maximum atomic E-state index is 5.32. The Hall–Kier alpha value is -1.86. The van der Waals surface area contributed by atoms with Crippen molar-refractivity contribution < 1.29 is 4.74 Å². The molecule has 19 heavy (non-hydrogen) atoms. The summed E-state index contributed by atoms with van der Waals surface area (Å²) < 4.78 is 6.04. The van der Waals surface area contributed by atoms with Crippen LogP contribution >= 0.6 is 15.9 Å². The number of aromatic nitrogens is 2. The lowest BCUT2D eigenvalue weighted by Gasteiger charge is -2.10. The molecule has 1 aromatic carbocycles. The summed E-state index contributed by atoms with van der Waals surface area (Å²) >= 11 is 3.43. The van der Waals surface area contributed by atoms with Crippen molar-refractivity contribution in [2.75, 3.05) is 17.9 Å². The minimum Gasteiger partial charge on any atom is -0.496 e. The fourth-order valence-corrected chi connectivity index (χ4v) is 2.13. The fourth-order valence-electron chi connectivity index (χ4n) is 1.59. The lowest BCUT2D eigenvalue weighted by Crippen LogP contribution is -2.11. The Morgan fingerprint density at radius 2 is 2.05 bits per heavy atom. The molecule has 0 aliphatic rings. The van der Waals surface area contributed by atoms with E-state index in [0.29, 0.717) is 11.8 Å². The Morgan fingerprint density at radius 1 is 1.26 bits per heavy atom. The summed E-state index contributed by atoms with van der Waals surface area (Å²) in [6, 6.07) is 7.50. The van der Waals surface area contributed by atoms with Crippen LogP contribution < -0.4 is 21.3 Å². The third-order valence-corrected chi connectivity index (χ3v) is 3.03. The second kappa shape index (κ2) is 5.85. The van der Waals surface area contributed by atoms with Crippen LogP contribution in [0, 0.1) is 6.92 Å². The first-order valence-corrected chi connectivity index (χ1v) is 6.34. The summed E-state index contributed by atoms with van der Waals surface area (Å²) in [6.45, 7) is 1.87. The zero-order valence-corrected chi connectivity index (χ0v) is 12.2. The van der Waals surface area contributed by atoms with E-state index in [4.69, 9.17) is 10.6 Å². The fraction of sp³-hybridized carbons (Fsp3) is 0.167. The van der Waals surface area contributed by atoms with Gasteiger partial charge in [-0.3, -0.25) is 5.43 Å². The average molecular weight is 324 g/mol. The highest BCUT2D eigenvalue weighted by Crippen LogP contribution is 2.29. The molecule has 7 heteroatoms. The van der Waals surface area contributed by atoms with E-state index in [1.807, 2.05) is 31.2 Å². The smallest absolute Gasteiger partial charge is 0.239 e. The lowest BCUT2D eigenvalue weighted by molar-refractivity contribution is 0.412. The number of hydrogen-bond acceptors (Lipinski definition) is 6. The highest BCUT2D eigenvalue weighted by Gasteiger charge is 2.04. The number of anilines is 3. The maximum absolute atomic E-state index is 5.32. The van der Waals surface area contributed by atoms with Gasteiger partial charge < -0.3 is 10.1 Å². The van der Waals surface area contributed by atoms with Gasteiger partial charge in [0, 0.05) is 17.4 Å². The molecule has 0 amide bonds. The Morgan fingerprint density at radius 3 is 2.68 bits per heavy atom. The molecule has 2 rings (SSSR count). The molecule has 100 valence electrons. The van der Waals surface area contributed by atoms with Crippen molar-refractivity contribution in [1.82, 2.24) is 9.97 Å². The van der Waals surface area contributed by atoms with Crippen LogP contribution in [0.5, 0.6) is 5.75 Å². The number of hydrogen-bond donors (Lipinski definition) is 3. The van der Waals surface area contributed by atoms with Crippen molar-refractivity contribution in [3.8, 4) is 5.75 Å². The van der Waals surface area contributed by atoms with Crippen molar-refractivity contribution >= 4 is 33.4 Å². The first-order chi connectivity index (χ1) is 9.12. The maximum Gasteiger partial charge on any atom is 0.239 e. The van der Waals surface area contributed by atoms with E-state index in [0.717, 1.165) is 21.6 Å². The molecule has 0 radical (unpaired) electrons. The minimum atomic E-state index is 0.370. The van der Waals surface area contributed by atoms with Crippen molar-refractivity contribution in [3.05, 3.63) is 34.4 Å². The van der Waals surface area contributed by atoms with Gasteiger partial charge in [-0.15, -0.1) is 0 Å². The molecular formula is C12H14BrN5O. The molecule has 0 bridgehead atoms. The van der Waals surface area contributed by atoms with Gasteiger partial charge in [0.15, 0.2) is 0 Å². The molecule has 0 aliphatic heterocycles. The molecule has 1 heterocycles. The molecule has 0 fully saturated rings. The molecule has 6 nitrogen and oxygen atoms in total. The number of nitrogen functional groups attached to an aromatic ring is 1. The number of methoxy groups -OCH3 is 1. The molecule has 1 aromatic heterocycles. The largest absolute Gasteiger partial charge is 0.496 e. The molecule has 0 unspecified atom stereocenters. The predicted molar refractivity (Wildman–Crippen MR) is 78.6 cm³/mol. The molecule has 4 N–H and O–H groups in total. The molecule has 2 aromatic rings. The average Bonchev–Trinajstić information content (AvgIpc) is 2.38. The molecule has 0 atom stereocenters. The number of nitrogens with two attached hydrogens (primary N) is 1. The zero-order chi connectivity index (χ0) is 13.8. The van der Waals surface area contributed by atoms with E-state index >= 15 is 0 Å². The summed E-state index contributed by atoms with van der Waals surface area (Å²) in [5, 5.41) is 3.18. The number of aryl methyl sites for hydroxylation is 1. The summed E-state index contributed by atoms with van der Waals surface area (Å²) in [5.74, 6) is 7.12. The van der Waals surface area contributed by atoms with Gasteiger partial charge in [0.1, 0.15) is 11.6 Å². The van der Waals surface area contributed by atoms with E-state index < -0.39 is 0 Å². The number of nitrogens with zero attached hydrogens (tertiary/aromatic N) is 2. The first kappa shape index (κ1) is 13.6. The van der Waals surface area contributed by atoms with E-state index in [9.17, 15) is 0 Å². The third-order valence-electron chi connectivity index (χ3n) is 2.41. The van der Waals surface area contributed by atoms with Crippen molar-refractivity contribution in [3.63, 3.8) is 0 Å². The number of nitrogens with one attached hydrogen (secondary N) is 2. The van der Waals surface area contributed by atoms with Crippen LogP contribution in [-0.2, 0) is 0 Å². The lowest BCUT2D eigenvalue weighted by atomic mass is 10.3. The van der Waals surface area contributed by atoms with Crippen LogP contribution in [0.1, 0.15) is 5.69 Å². The van der Waals surface area contributed by atoms with Crippen LogP contribution in [0.25, 0.3) is 0 Å². The van der Waals surface area contributed by atoms with Crippen LogP contribution in [0.4, 0.5) is 17.5 Å². The second-order valence-electron chi connectivity index (χ2n) is 3.84. The van der Waals surface area contributed by atoms with Gasteiger partial charge in [0.05, 0.1) is 11.6 Å². The predicted octanol–water partition coefficient (Wildman–Crippen LogP) is 2.59. The third kappa shape index (κ3) is 3.33. The van der Waals surface area contributed by atoms with Gasteiger partial charge in [-0.25, -0.2) is 10.8 Å². The first-order valence-electron chi connectivity index (χ1n) is 5.55. The number of ether oxygens (including phenoxy) is 1. The monoisotopic (exact) mass is 323 g/mol. The van der Waals surface area contributed by atoms with Crippen molar-refractivity contribution in [2.24, 2.45) is 5.84 Å². The molecule has 0 spiro atoms. The summed E-state index contributed by atoms with van der Waals surface area (Å²) in [6.07, 6.45) is 0.